The third-order valence-electron chi connectivity index (χ3n) is 2.77. The van der Waals surface area contributed by atoms with Crippen LogP contribution >= 0.6 is 0 Å². The van der Waals surface area contributed by atoms with Crippen LogP contribution in [0.5, 0.6) is 0 Å². The number of nitrogens with zero attached hydrogens (tertiary/aromatic N) is 1. The molecule has 1 rings (SSSR count). The molecule has 0 aromatic heterocycles. The van der Waals surface area contributed by atoms with E-state index in [4.69, 9.17) is 10.8 Å². The molecule has 3 N–H and O–H groups in total. The van der Waals surface area contributed by atoms with Gasteiger partial charge in [-0.2, -0.15) is 0 Å². The van der Waals surface area contributed by atoms with E-state index in [1.165, 1.54) is 7.05 Å². The van der Waals surface area contributed by atoms with E-state index < -0.39 is 23.2 Å². The molecule has 15 heavy (non-hydrogen) atoms. The van der Waals surface area contributed by atoms with Gasteiger partial charge in [-0.05, 0) is 12.8 Å². The van der Waals surface area contributed by atoms with Crippen LogP contribution in [0.25, 0.3) is 0 Å². The molecular formula is C9H14N2O4. The van der Waals surface area contributed by atoms with Crippen molar-refractivity contribution in [3.8, 4) is 0 Å². The Bertz CT molecular complexity index is 309. The highest BCUT2D eigenvalue weighted by Gasteiger charge is 2.52. The predicted molar refractivity (Wildman–Crippen MR) is 50.8 cm³/mol. The molecular weight excluding hydrogens is 200 g/mol. The number of carboxylic acid groups (broad SMARTS) is 1. The summed E-state index contributed by atoms with van der Waals surface area (Å²) in [6.45, 7) is -0.242. The number of aliphatic carboxylic acids is 1. The minimum absolute atomic E-state index is 0.242. The molecule has 6 nitrogen and oxygen atoms in total. The number of hydrogen-bond donors (Lipinski definition) is 2. The number of nitrogens with two attached hydrogens (primary N) is 1. The molecule has 0 bridgehead atoms. The maximum Gasteiger partial charge on any atom is 0.319 e. The molecule has 1 aliphatic rings. The molecule has 1 saturated carbocycles. The summed E-state index contributed by atoms with van der Waals surface area (Å²) < 4.78 is 0. The molecule has 6 heteroatoms. The average Bonchev–Trinajstić information content (AvgIpc) is 1.99. The molecule has 0 aliphatic heterocycles. The molecule has 1 aliphatic carbocycles. The first-order chi connectivity index (χ1) is 6.90. The number of primary amides is 1. The minimum atomic E-state index is -1.32. The Hall–Kier alpha value is -1.59. The first-order valence-corrected chi connectivity index (χ1v) is 4.67. The van der Waals surface area contributed by atoms with Crippen molar-refractivity contribution in [1.82, 2.24) is 4.90 Å². The zero-order valence-electron chi connectivity index (χ0n) is 8.52. The van der Waals surface area contributed by atoms with Gasteiger partial charge < -0.3 is 15.7 Å². The Morgan fingerprint density at radius 2 is 1.93 bits per heavy atom. The van der Waals surface area contributed by atoms with Gasteiger partial charge >= 0.3 is 5.97 Å². The molecule has 0 saturated heterocycles. The van der Waals surface area contributed by atoms with E-state index in [-0.39, 0.29) is 6.54 Å². The summed E-state index contributed by atoms with van der Waals surface area (Å²) in [5.41, 5.74) is 3.61. The highest BCUT2D eigenvalue weighted by atomic mass is 16.4. The molecule has 0 aromatic rings. The summed E-state index contributed by atoms with van der Waals surface area (Å²) in [5.74, 6) is -2.29. The summed E-state index contributed by atoms with van der Waals surface area (Å²) in [6, 6.07) is 0. The highest BCUT2D eigenvalue weighted by molar-refractivity contribution is 6.03. The maximum atomic E-state index is 11.8. The summed E-state index contributed by atoms with van der Waals surface area (Å²) in [5, 5.41) is 8.97. The number of rotatable bonds is 4. The van der Waals surface area contributed by atoms with Crippen molar-refractivity contribution in [2.45, 2.75) is 19.3 Å². The lowest BCUT2D eigenvalue weighted by Crippen LogP contribution is -2.52. The third kappa shape index (κ3) is 1.93. The summed E-state index contributed by atoms with van der Waals surface area (Å²) in [4.78, 5) is 34.4. The molecule has 0 atom stereocenters. The van der Waals surface area contributed by atoms with Crippen molar-refractivity contribution in [2.24, 2.45) is 11.1 Å². The Labute approximate surface area is 87.0 Å². The topological polar surface area (TPSA) is 101 Å². The third-order valence-corrected chi connectivity index (χ3v) is 2.77. The lowest BCUT2D eigenvalue weighted by Gasteiger charge is -2.38. The van der Waals surface area contributed by atoms with Crippen LogP contribution in [0.15, 0.2) is 0 Å². The van der Waals surface area contributed by atoms with Gasteiger partial charge in [-0.3, -0.25) is 14.4 Å². The molecule has 84 valence electrons. The zero-order valence-corrected chi connectivity index (χ0v) is 8.52. The summed E-state index contributed by atoms with van der Waals surface area (Å²) in [6.07, 6.45) is 1.40. The normalized spacial score (nSPS) is 17.7. The molecule has 0 aromatic carbocycles. The Morgan fingerprint density at radius 1 is 1.40 bits per heavy atom. The van der Waals surface area contributed by atoms with E-state index in [1.54, 1.807) is 0 Å². The van der Waals surface area contributed by atoms with Crippen molar-refractivity contribution in [3.05, 3.63) is 0 Å². The predicted octanol–water partition coefficient (Wildman–Crippen LogP) is -0.815. The van der Waals surface area contributed by atoms with Gasteiger partial charge in [-0.1, -0.05) is 6.42 Å². The van der Waals surface area contributed by atoms with E-state index >= 15 is 0 Å². The van der Waals surface area contributed by atoms with Crippen LogP contribution in [0, 0.1) is 5.41 Å². The monoisotopic (exact) mass is 214 g/mol. The van der Waals surface area contributed by atoms with Gasteiger partial charge in [0, 0.05) is 7.05 Å². The van der Waals surface area contributed by atoms with E-state index in [0.29, 0.717) is 12.8 Å². The second kappa shape index (κ2) is 3.88. The lowest BCUT2D eigenvalue weighted by molar-refractivity contribution is -0.167. The smallest absolute Gasteiger partial charge is 0.319 e. The van der Waals surface area contributed by atoms with Gasteiger partial charge in [-0.15, -0.1) is 0 Å². The standard InChI is InChI=1S/C9H14N2O4/c1-11(5-6(10)12)7(13)9(8(14)15)3-2-4-9/h2-5H2,1H3,(H2,10,12)(H,14,15). The van der Waals surface area contributed by atoms with E-state index in [0.717, 1.165) is 11.3 Å². The average molecular weight is 214 g/mol. The van der Waals surface area contributed by atoms with Crippen molar-refractivity contribution >= 4 is 17.8 Å². The number of amides is 2. The van der Waals surface area contributed by atoms with Gasteiger partial charge in [0.1, 0.15) is 5.41 Å². The highest BCUT2D eigenvalue weighted by Crippen LogP contribution is 2.42. The molecule has 0 unspecified atom stereocenters. The van der Waals surface area contributed by atoms with Crippen LogP contribution in [-0.4, -0.2) is 41.4 Å². The fraction of sp³-hybridized carbons (Fsp3) is 0.667. The zero-order chi connectivity index (χ0) is 11.6. The van der Waals surface area contributed by atoms with Gasteiger partial charge in [0.25, 0.3) is 0 Å². The number of carboxylic acids is 1. The SMILES string of the molecule is CN(CC(N)=O)C(=O)C1(C(=O)O)CCC1. The van der Waals surface area contributed by atoms with Crippen LogP contribution < -0.4 is 5.73 Å². The Kier molecular flexibility index (Phi) is 2.97. The second-order valence-electron chi connectivity index (χ2n) is 3.87. The lowest BCUT2D eigenvalue weighted by atomic mass is 9.68. The molecule has 1 fully saturated rings. The maximum absolute atomic E-state index is 11.8. The van der Waals surface area contributed by atoms with Crippen LogP contribution in [0.4, 0.5) is 0 Å². The summed E-state index contributed by atoms with van der Waals surface area (Å²) >= 11 is 0. The van der Waals surface area contributed by atoms with Crippen LogP contribution in [-0.2, 0) is 14.4 Å². The largest absolute Gasteiger partial charge is 0.480 e. The quantitative estimate of drug-likeness (QED) is 0.597. The second-order valence-corrected chi connectivity index (χ2v) is 3.87. The number of carbonyl (C=O) groups is 3. The van der Waals surface area contributed by atoms with E-state index in [2.05, 4.69) is 0 Å². The molecule has 0 radical (unpaired) electrons. The molecule has 2 amide bonds. The molecule has 0 spiro atoms. The molecule has 0 heterocycles. The number of hydrogen-bond acceptors (Lipinski definition) is 3. The van der Waals surface area contributed by atoms with Crippen LogP contribution in [0.2, 0.25) is 0 Å². The van der Waals surface area contributed by atoms with Gasteiger partial charge in [0.05, 0.1) is 6.54 Å². The Morgan fingerprint density at radius 3 is 2.20 bits per heavy atom. The van der Waals surface area contributed by atoms with Crippen molar-refractivity contribution in [1.29, 1.82) is 0 Å². The van der Waals surface area contributed by atoms with Crippen molar-refractivity contribution in [3.63, 3.8) is 0 Å². The van der Waals surface area contributed by atoms with Gasteiger partial charge in [-0.25, -0.2) is 0 Å². The minimum Gasteiger partial charge on any atom is -0.480 e. The first kappa shape index (κ1) is 11.5. The van der Waals surface area contributed by atoms with Gasteiger partial charge in [0.15, 0.2) is 0 Å². The fourth-order valence-electron chi connectivity index (χ4n) is 1.72. The van der Waals surface area contributed by atoms with Crippen molar-refractivity contribution in [2.75, 3.05) is 13.6 Å². The van der Waals surface area contributed by atoms with Crippen LogP contribution in [0.1, 0.15) is 19.3 Å². The van der Waals surface area contributed by atoms with Crippen molar-refractivity contribution < 1.29 is 19.5 Å². The summed E-state index contributed by atoms with van der Waals surface area (Å²) in [7, 11) is 1.39. The van der Waals surface area contributed by atoms with E-state index in [9.17, 15) is 14.4 Å². The number of carbonyl (C=O) groups excluding carboxylic acids is 2. The first-order valence-electron chi connectivity index (χ1n) is 4.67. The van der Waals surface area contributed by atoms with Gasteiger partial charge in [0.2, 0.25) is 11.8 Å². The van der Waals surface area contributed by atoms with Crippen LogP contribution in [0.3, 0.4) is 0 Å². The Balaban J connectivity index is 2.74. The number of likely N-dealkylation sites (N-methyl/N-ethyl adjacent to an activating group) is 1. The van der Waals surface area contributed by atoms with E-state index in [1.807, 2.05) is 0 Å². The fourth-order valence-corrected chi connectivity index (χ4v) is 1.72.